The van der Waals surface area contributed by atoms with E-state index in [1.165, 1.54) is 4.90 Å². The fourth-order valence-corrected chi connectivity index (χ4v) is 2.82. The van der Waals surface area contributed by atoms with Crippen LogP contribution in [0.3, 0.4) is 0 Å². The zero-order valence-electron chi connectivity index (χ0n) is 12.6. The maximum atomic E-state index is 12.3. The van der Waals surface area contributed by atoms with Crippen LogP contribution in [0.2, 0.25) is 0 Å². The van der Waals surface area contributed by atoms with Gasteiger partial charge in [0.15, 0.2) is 0 Å². The van der Waals surface area contributed by atoms with Crippen LogP contribution in [0.1, 0.15) is 21.5 Å². The summed E-state index contributed by atoms with van der Waals surface area (Å²) in [4.78, 5) is 26.1. The molecule has 0 aliphatic carbocycles. The van der Waals surface area contributed by atoms with Crippen LogP contribution in [0, 0.1) is 6.92 Å². The number of rotatable bonds is 4. The number of anilines is 1. The number of aryl methyl sites for hydroxylation is 1. The Morgan fingerprint density at radius 1 is 1.05 bits per heavy atom. The van der Waals surface area contributed by atoms with Crippen molar-refractivity contribution in [3.8, 4) is 5.75 Å². The van der Waals surface area contributed by atoms with Gasteiger partial charge in [-0.25, -0.2) is 0 Å². The first-order chi connectivity index (χ1) is 10.6. The van der Waals surface area contributed by atoms with Crippen LogP contribution in [-0.2, 0) is 11.2 Å². The van der Waals surface area contributed by atoms with Crippen molar-refractivity contribution in [3.63, 3.8) is 0 Å². The number of ketones is 1. The lowest BCUT2D eigenvalue weighted by Crippen LogP contribution is -2.31. The van der Waals surface area contributed by atoms with E-state index >= 15 is 0 Å². The maximum absolute atomic E-state index is 12.3. The van der Waals surface area contributed by atoms with E-state index in [2.05, 4.69) is 0 Å². The molecule has 0 N–H and O–H groups in total. The number of methoxy groups -OCH3 is 1. The van der Waals surface area contributed by atoms with E-state index in [1.54, 1.807) is 13.2 Å². The van der Waals surface area contributed by atoms with E-state index in [9.17, 15) is 9.59 Å². The minimum Gasteiger partial charge on any atom is -0.495 e. The number of benzene rings is 2. The van der Waals surface area contributed by atoms with Crippen molar-refractivity contribution in [2.75, 3.05) is 18.6 Å². The Labute approximate surface area is 129 Å². The molecule has 0 bridgehead atoms. The summed E-state index contributed by atoms with van der Waals surface area (Å²) < 4.78 is 5.34. The molecule has 112 valence electrons. The van der Waals surface area contributed by atoms with Gasteiger partial charge in [0.2, 0.25) is 0 Å². The molecular weight excluding hydrogens is 278 g/mol. The Hall–Kier alpha value is -2.62. The highest BCUT2D eigenvalue weighted by atomic mass is 16.5. The molecule has 1 amide bonds. The molecule has 1 aliphatic rings. The van der Waals surface area contributed by atoms with Crippen LogP contribution in [0.4, 0.5) is 5.69 Å². The van der Waals surface area contributed by atoms with E-state index < -0.39 is 11.7 Å². The van der Waals surface area contributed by atoms with E-state index in [0.29, 0.717) is 30.0 Å². The second-order valence-electron chi connectivity index (χ2n) is 5.33. The predicted molar refractivity (Wildman–Crippen MR) is 84.6 cm³/mol. The van der Waals surface area contributed by atoms with Crippen molar-refractivity contribution in [1.29, 1.82) is 0 Å². The number of ether oxygens (including phenoxy) is 1. The summed E-state index contributed by atoms with van der Waals surface area (Å²) in [5.74, 6) is -0.356. The van der Waals surface area contributed by atoms with Gasteiger partial charge in [-0.3, -0.25) is 9.59 Å². The minimum absolute atomic E-state index is 0.445. The van der Waals surface area contributed by atoms with Crippen molar-refractivity contribution in [1.82, 2.24) is 0 Å². The van der Waals surface area contributed by atoms with Crippen molar-refractivity contribution in [2.24, 2.45) is 0 Å². The molecule has 0 atom stereocenters. The zero-order chi connectivity index (χ0) is 15.7. The highest BCUT2D eigenvalue weighted by Crippen LogP contribution is 2.39. The molecule has 3 rings (SSSR count). The van der Waals surface area contributed by atoms with Gasteiger partial charge >= 0.3 is 0 Å². The number of carbonyl (C=O) groups is 2. The Morgan fingerprint density at radius 3 is 2.45 bits per heavy atom. The van der Waals surface area contributed by atoms with E-state index in [1.807, 2.05) is 43.3 Å². The highest BCUT2D eigenvalue weighted by molar-refractivity contribution is 6.53. The van der Waals surface area contributed by atoms with E-state index in [0.717, 1.165) is 11.1 Å². The molecule has 4 nitrogen and oxygen atoms in total. The molecule has 4 heteroatoms. The molecule has 1 aliphatic heterocycles. The minimum atomic E-state index is -0.474. The molecule has 2 aromatic carbocycles. The number of nitrogens with zero attached hydrogens (tertiary/aromatic N) is 1. The van der Waals surface area contributed by atoms with Crippen molar-refractivity contribution < 1.29 is 14.3 Å². The molecule has 0 aromatic heterocycles. The molecule has 0 saturated carbocycles. The van der Waals surface area contributed by atoms with Crippen molar-refractivity contribution in [2.45, 2.75) is 13.3 Å². The second kappa shape index (κ2) is 5.64. The predicted octanol–water partition coefficient (Wildman–Crippen LogP) is 2.78. The fraction of sp³-hybridized carbons (Fsp3) is 0.222. The normalized spacial score (nSPS) is 13.5. The van der Waals surface area contributed by atoms with Gasteiger partial charge in [-0.15, -0.1) is 0 Å². The SMILES string of the molecule is COc1ccc(C)c2c1N(CCc1ccccc1)C(=O)C2=O. The number of hydrogen-bond acceptors (Lipinski definition) is 3. The number of amides is 1. The van der Waals surface area contributed by atoms with Gasteiger partial charge in [-0.1, -0.05) is 36.4 Å². The Kier molecular flexibility index (Phi) is 3.67. The fourth-order valence-electron chi connectivity index (χ4n) is 2.82. The first-order valence-corrected chi connectivity index (χ1v) is 7.21. The maximum Gasteiger partial charge on any atom is 0.299 e. The van der Waals surface area contributed by atoms with Gasteiger partial charge in [0.05, 0.1) is 18.4 Å². The van der Waals surface area contributed by atoms with E-state index in [-0.39, 0.29) is 0 Å². The second-order valence-corrected chi connectivity index (χ2v) is 5.33. The first kappa shape index (κ1) is 14.3. The molecule has 2 aromatic rings. The van der Waals surface area contributed by atoms with Crippen molar-refractivity contribution in [3.05, 3.63) is 59.2 Å². The Balaban J connectivity index is 1.95. The Morgan fingerprint density at radius 2 is 1.77 bits per heavy atom. The number of hydrogen-bond donors (Lipinski definition) is 0. The first-order valence-electron chi connectivity index (χ1n) is 7.21. The Bertz CT molecular complexity index is 737. The van der Waals surface area contributed by atoms with Crippen LogP contribution in [-0.4, -0.2) is 25.3 Å². The monoisotopic (exact) mass is 295 g/mol. The summed E-state index contributed by atoms with van der Waals surface area (Å²) in [7, 11) is 1.55. The molecule has 0 saturated heterocycles. The molecule has 0 unspecified atom stereocenters. The third-order valence-electron chi connectivity index (χ3n) is 3.97. The number of carbonyl (C=O) groups excluding carboxylic acids is 2. The topological polar surface area (TPSA) is 46.6 Å². The van der Waals surface area contributed by atoms with Gasteiger partial charge in [0, 0.05) is 6.54 Å². The third kappa shape index (κ3) is 2.26. The number of fused-ring (bicyclic) bond motifs is 1. The van der Waals surface area contributed by atoms with Crippen LogP contribution in [0.15, 0.2) is 42.5 Å². The quantitative estimate of drug-likeness (QED) is 0.815. The molecule has 0 fully saturated rings. The third-order valence-corrected chi connectivity index (χ3v) is 3.97. The molecule has 22 heavy (non-hydrogen) atoms. The lowest BCUT2D eigenvalue weighted by atomic mass is 10.0. The average molecular weight is 295 g/mol. The van der Waals surface area contributed by atoms with Gasteiger partial charge < -0.3 is 9.64 Å². The summed E-state index contributed by atoms with van der Waals surface area (Å²) in [6.45, 7) is 2.30. The van der Waals surface area contributed by atoms with Gasteiger partial charge in [0.25, 0.3) is 11.7 Å². The lowest BCUT2D eigenvalue weighted by molar-refractivity contribution is -0.114. The number of Topliss-reactive ketones (excluding diaryl/α,β-unsaturated/α-hetero) is 1. The highest BCUT2D eigenvalue weighted by Gasteiger charge is 2.39. The van der Waals surface area contributed by atoms with Crippen LogP contribution >= 0.6 is 0 Å². The smallest absolute Gasteiger partial charge is 0.299 e. The largest absolute Gasteiger partial charge is 0.495 e. The van der Waals surface area contributed by atoms with Crippen LogP contribution < -0.4 is 9.64 Å². The van der Waals surface area contributed by atoms with Gasteiger partial charge in [0.1, 0.15) is 5.75 Å². The molecule has 1 heterocycles. The van der Waals surface area contributed by atoms with Crippen LogP contribution in [0.5, 0.6) is 5.75 Å². The zero-order valence-corrected chi connectivity index (χ0v) is 12.6. The molecular formula is C18H17NO3. The molecule has 0 spiro atoms. The summed E-state index contributed by atoms with van der Waals surface area (Å²) >= 11 is 0. The standard InChI is InChI=1S/C18H17NO3/c1-12-8-9-14(22-2)16-15(12)17(20)18(21)19(16)11-10-13-6-4-3-5-7-13/h3-9H,10-11H2,1-2H3. The summed E-state index contributed by atoms with van der Waals surface area (Å²) in [6, 6.07) is 13.5. The molecule has 0 radical (unpaired) electrons. The van der Waals surface area contributed by atoms with Crippen LogP contribution in [0.25, 0.3) is 0 Å². The average Bonchev–Trinajstić information content (AvgIpc) is 2.80. The van der Waals surface area contributed by atoms with Crippen molar-refractivity contribution >= 4 is 17.4 Å². The summed E-state index contributed by atoms with van der Waals surface area (Å²) in [6.07, 6.45) is 0.691. The summed E-state index contributed by atoms with van der Waals surface area (Å²) in [5.41, 5.74) is 3.00. The van der Waals surface area contributed by atoms with E-state index in [4.69, 9.17) is 4.74 Å². The van der Waals surface area contributed by atoms with Gasteiger partial charge in [-0.05, 0) is 30.5 Å². The summed E-state index contributed by atoms with van der Waals surface area (Å²) in [5, 5.41) is 0. The lowest BCUT2D eigenvalue weighted by Gasteiger charge is -2.19. The van der Waals surface area contributed by atoms with Gasteiger partial charge in [-0.2, -0.15) is 0 Å².